The third-order valence-corrected chi connectivity index (χ3v) is 3.23. The van der Waals surface area contributed by atoms with Crippen LogP contribution in [0.5, 0.6) is 0 Å². The quantitative estimate of drug-likeness (QED) is 0.762. The Labute approximate surface area is 102 Å². The molecule has 0 aliphatic rings. The van der Waals surface area contributed by atoms with E-state index in [0.717, 1.165) is 24.4 Å². The lowest BCUT2D eigenvalue weighted by atomic mass is 10.2. The largest absolute Gasteiger partial charge is 0.367 e. The molecule has 0 bridgehead atoms. The van der Waals surface area contributed by atoms with E-state index in [2.05, 4.69) is 37.3 Å². The molecule has 0 unspecified atom stereocenters. The summed E-state index contributed by atoms with van der Waals surface area (Å²) < 4.78 is 1.85. The highest BCUT2D eigenvalue weighted by atomic mass is 32.1. The van der Waals surface area contributed by atoms with Gasteiger partial charge >= 0.3 is 0 Å². The van der Waals surface area contributed by atoms with Gasteiger partial charge < -0.3 is 5.32 Å². The molecule has 86 valence electrons. The van der Waals surface area contributed by atoms with Crippen LogP contribution in [0.1, 0.15) is 5.56 Å². The first-order chi connectivity index (χ1) is 8.43. The molecule has 5 nitrogen and oxygen atoms in total. The number of rotatable bonds is 4. The van der Waals surface area contributed by atoms with Gasteiger partial charge in [-0.25, -0.2) is 4.98 Å². The fraction of sp³-hybridized carbons (Fsp3) is 0.182. The van der Waals surface area contributed by atoms with E-state index in [4.69, 9.17) is 0 Å². The summed E-state index contributed by atoms with van der Waals surface area (Å²) in [5.74, 6) is 0.778. The number of hydrogen-bond acceptors (Lipinski definition) is 5. The highest BCUT2D eigenvalue weighted by Gasteiger charge is 2.03. The second kappa shape index (κ2) is 4.50. The number of anilines is 1. The molecule has 17 heavy (non-hydrogen) atoms. The van der Waals surface area contributed by atoms with Gasteiger partial charge in [0.25, 0.3) is 0 Å². The molecule has 0 fully saturated rings. The highest BCUT2D eigenvalue weighted by molar-refractivity contribution is 7.07. The van der Waals surface area contributed by atoms with E-state index >= 15 is 0 Å². The lowest BCUT2D eigenvalue weighted by molar-refractivity contribution is 1.00. The van der Waals surface area contributed by atoms with Crippen LogP contribution in [0.4, 0.5) is 5.82 Å². The SMILES string of the molecule is c1cn2cnnc2c(NCCc2ccsc2)n1. The summed E-state index contributed by atoms with van der Waals surface area (Å²) >= 11 is 1.72. The van der Waals surface area contributed by atoms with Crippen molar-refractivity contribution in [3.05, 3.63) is 41.1 Å². The predicted molar refractivity (Wildman–Crippen MR) is 67.3 cm³/mol. The third kappa shape index (κ3) is 2.12. The normalized spacial score (nSPS) is 10.8. The van der Waals surface area contributed by atoms with Crippen molar-refractivity contribution >= 4 is 22.8 Å². The minimum absolute atomic E-state index is 0.762. The number of aromatic nitrogens is 4. The first kappa shape index (κ1) is 10.2. The maximum absolute atomic E-state index is 4.27. The van der Waals surface area contributed by atoms with Gasteiger partial charge in [-0.3, -0.25) is 4.40 Å². The molecule has 0 saturated heterocycles. The molecule has 0 spiro atoms. The molecule has 0 aliphatic carbocycles. The molecule has 0 atom stereocenters. The van der Waals surface area contributed by atoms with Crippen LogP contribution in [-0.4, -0.2) is 26.1 Å². The number of hydrogen-bond donors (Lipinski definition) is 1. The lowest BCUT2D eigenvalue weighted by Gasteiger charge is -2.04. The van der Waals surface area contributed by atoms with Crippen molar-refractivity contribution in [2.75, 3.05) is 11.9 Å². The second-order valence-electron chi connectivity index (χ2n) is 3.65. The first-order valence-corrected chi connectivity index (χ1v) is 6.27. The maximum atomic E-state index is 4.27. The molecule has 0 radical (unpaired) electrons. The summed E-state index contributed by atoms with van der Waals surface area (Å²) in [5.41, 5.74) is 2.11. The predicted octanol–water partition coefficient (Wildman–Crippen LogP) is 1.84. The molecule has 0 amide bonds. The molecule has 0 aliphatic heterocycles. The van der Waals surface area contributed by atoms with Crippen LogP contribution in [0.2, 0.25) is 0 Å². The molecule has 3 heterocycles. The summed E-state index contributed by atoms with van der Waals surface area (Å²) in [6.07, 6.45) is 6.23. The Morgan fingerprint density at radius 1 is 1.41 bits per heavy atom. The Morgan fingerprint density at radius 3 is 3.29 bits per heavy atom. The van der Waals surface area contributed by atoms with E-state index in [1.54, 1.807) is 23.9 Å². The van der Waals surface area contributed by atoms with Gasteiger partial charge in [-0.1, -0.05) is 0 Å². The van der Waals surface area contributed by atoms with E-state index in [1.165, 1.54) is 5.56 Å². The van der Waals surface area contributed by atoms with Gasteiger partial charge in [0.2, 0.25) is 5.65 Å². The van der Waals surface area contributed by atoms with Crippen LogP contribution in [0, 0.1) is 0 Å². The van der Waals surface area contributed by atoms with E-state index in [0.29, 0.717) is 0 Å². The van der Waals surface area contributed by atoms with E-state index < -0.39 is 0 Å². The summed E-state index contributed by atoms with van der Waals surface area (Å²) in [5, 5.41) is 15.4. The average Bonchev–Trinajstić information content (AvgIpc) is 2.99. The van der Waals surface area contributed by atoms with Crippen LogP contribution in [-0.2, 0) is 6.42 Å². The summed E-state index contributed by atoms with van der Waals surface area (Å²) in [6, 6.07) is 2.14. The maximum Gasteiger partial charge on any atom is 0.203 e. The summed E-state index contributed by atoms with van der Waals surface area (Å²) in [7, 11) is 0. The molecular formula is C11H11N5S. The van der Waals surface area contributed by atoms with Gasteiger partial charge in [0, 0.05) is 18.9 Å². The average molecular weight is 245 g/mol. The molecular weight excluding hydrogens is 234 g/mol. The Morgan fingerprint density at radius 2 is 2.41 bits per heavy atom. The number of thiophene rings is 1. The van der Waals surface area contributed by atoms with Crippen molar-refractivity contribution in [2.45, 2.75) is 6.42 Å². The molecule has 0 aromatic carbocycles. The van der Waals surface area contributed by atoms with Gasteiger partial charge in [0.05, 0.1) is 0 Å². The van der Waals surface area contributed by atoms with Gasteiger partial charge in [0.15, 0.2) is 5.82 Å². The molecule has 1 N–H and O–H groups in total. The fourth-order valence-corrected chi connectivity index (χ4v) is 2.35. The Balaban J connectivity index is 1.70. The van der Waals surface area contributed by atoms with Crippen molar-refractivity contribution in [3.63, 3.8) is 0 Å². The standard InChI is InChI=1S/C11H11N5S/c1(9-2-6-17-7-9)3-12-10-11-15-14-8-16(11)5-4-13-10/h2,4-8H,1,3H2,(H,12,13). The number of nitrogens with one attached hydrogen (secondary N) is 1. The van der Waals surface area contributed by atoms with Gasteiger partial charge in [-0.05, 0) is 28.8 Å². The van der Waals surface area contributed by atoms with Gasteiger partial charge in [-0.2, -0.15) is 11.3 Å². The van der Waals surface area contributed by atoms with Crippen molar-refractivity contribution < 1.29 is 0 Å². The van der Waals surface area contributed by atoms with Crippen molar-refractivity contribution in [2.24, 2.45) is 0 Å². The van der Waals surface area contributed by atoms with Gasteiger partial charge in [-0.15, -0.1) is 10.2 Å². The van der Waals surface area contributed by atoms with Crippen LogP contribution in [0.15, 0.2) is 35.5 Å². The number of nitrogens with zero attached hydrogens (tertiary/aromatic N) is 4. The zero-order valence-corrected chi connectivity index (χ0v) is 9.89. The van der Waals surface area contributed by atoms with Crippen LogP contribution in [0.25, 0.3) is 5.65 Å². The molecule has 3 aromatic heterocycles. The molecule has 3 rings (SSSR count). The third-order valence-electron chi connectivity index (χ3n) is 2.50. The van der Waals surface area contributed by atoms with E-state index in [1.807, 2.05) is 10.6 Å². The second-order valence-corrected chi connectivity index (χ2v) is 4.43. The minimum Gasteiger partial charge on any atom is -0.367 e. The first-order valence-electron chi connectivity index (χ1n) is 5.33. The monoisotopic (exact) mass is 245 g/mol. The molecule has 3 aromatic rings. The highest BCUT2D eigenvalue weighted by Crippen LogP contribution is 2.11. The minimum atomic E-state index is 0.762. The Bertz CT molecular complexity index is 601. The molecule has 6 heteroatoms. The van der Waals surface area contributed by atoms with Crippen molar-refractivity contribution in [1.82, 2.24) is 19.6 Å². The van der Waals surface area contributed by atoms with E-state index in [9.17, 15) is 0 Å². The zero-order chi connectivity index (χ0) is 11.5. The summed E-state index contributed by atoms with van der Waals surface area (Å²) in [4.78, 5) is 4.27. The summed E-state index contributed by atoms with van der Waals surface area (Å²) in [6.45, 7) is 0.844. The van der Waals surface area contributed by atoms with Crippen molar-refractivity contribution in [3.8, 4) is 0 Å². The Hall–Kier alpha value is -1.95. The molecule has 0 saturated carbocycles. The lowest BCUT2D eigenvalue weighted by Crippen LogP contribution is -2.07. The fourth-order valence-electron chi connectivity index (χ4n) is 1.64. The smallest absolute Gasteiger partial charge is 0.203 e. The zero-order valence-electron chi connectivity index (χ0n) is 9.08. The topological polar surface area (TPSA) is 55.1 Å². The van der Waals surface area contributed by atoms with E-state index in [-0.39, 0.29) is 0 Å². The Kier molecular flexibility index (Phi) is 2.71. The van der Waals surface area contributed by atoms with Crippen LogP contribution in [0.3, 0.4) is 0 Å². The van der Waals surface area contributed by atoms with Crippen molar-refractivity contribution in [1.29, 1.82) is 0 Å². The number of fused-ring (bicyclic) bond motifs is 1. The van der Waals surface area contributed by atoms with Crippen LogP contribution < -0.4 is 5.32 Å². The van der Waals surface area contributed by atoms with Crippen LogP contribution >= 0.6 is 11.3 Å². The van der Waals surface area contributed by atoms with Gasteiger partial charge in [0.1, 0.15) is 6.33 Å².